The van der Waals surface area contributed by atoms with Crippen LogP contribution in [0, 0.1) is 0 Å². The van der Waals surface area contributed by atoms with Crippen LogP contribution in [0.5, 0.6) is 0 Å². The van der Waals surface area contributed by atoms with E-state index in [1.807, 2.05) is 6.92 Å². The van der Waals surface area contributed by atoms with Crippen molar-refractivity contribution < 1.29 is 4.79 Å². The Bertz CT molecular complexity index is 246. The second kappa shape index (κ2) is 4.62. The van der Waals surface area contributed by atoms with Crippen LogP contribution in [-0.4, -0.2) is 23.9 Å². The van der Waals surface area contributed by atoms with Gasteiger partial charge in [-0.3, -0.25) is 9.78 Å². The molecule has 0 amide bonds. The molecule has 0 saturated carbocycles. The van der Waals surface area contributed by atoms with Crippen molar-refractivity contribution >= 4 is 5.78 Å². The van der Waals surface area contributed by atoms with Crippen LogP contribution in [0.2, 0.25) is 0 Å². The van der Waals surface area contributed by atoms with Crippen molar-refractivity contribution in [3.63, 3.8) is 0 Å². The Morgan fingerprint density at radius 1 is 1.67 bits per heavy atom. The molecule has 0 saturated heterocycles. The van der Waals surface area contributed by atoms with Crippen LogP contribution in [0.3, 0.4) is 0 Å². The lowest BCUT2D eigenvalue weighted by molar-refractivity contribution is 0.0991. The van der Waals surface area contributed by atoms with Gasteiger partial charge in [0.2, 0.25) is 0 Å². The van der Waals surface area contributed by atoms with E-state index in [9.17, 15) is 4.79 Å². The lowest BCUT2D eigenvalue weighted by Crippen LogP contribution is -2.22. The summed E-state index contributed by atoms with van der Waals surface area (Å²) in [4.78, 5) is 15.2. The first kappa shape index (κ1) is 8.87. The maximum absolute atomic E-state index is 11.3. The second-order valence-corrected chi connectivity index (χ2v) is 2.45. The number of rotatable bonds is 4. The van der Waals surface area contributed by atoms with Gasteiger partial charge >= 0.3 is 0 Å². The molecule has 3 heteroatoms. The standard InChI is InChI=1S/C9H12N2O/c1-2-10-7-9(12)8-4-3-5-11-6-8/h3-6,10H,2,7H2,1H3. The number of carbonyl (C=O) groups excluding carboxylic acids is 1. The first-order valence-corrected chi connectivity index (χ1v) is 3.98. The van der Waals surface area contributed by atoms with Gasteiger partial charge in [0.15, 0.2) is 5.78 Å². The third kappa shape index (κ3) is 2.43. The van der Waals surface area contributed by atoms with Gasteiger partial charge in [-0.2, -0.15) is 0 Å². The highest BCUT2D eigenvalue weighted by Gasteiger charge is 2.02. The molecule has 12 heavy (non-hydrogen) atoms. The summed E-state index contributed by atoms with van der Waals surface area (Å²) in [7, 11) is 0. The van der Waals surface area contributed by atoms with Gasteiger partial charge in [0, 0.05) is 18.0 Å². The van der Waals surface area contributed by atoms with Gasteiger partial charge in [-0.1, -0.05) is 6.92 Å². The van der Waals surface area contributed by atoms with Gasteiger partial charge in [-0.25, -0.2) is 0 Å². The molecule has 0 aliphatic rings. The molecule has 0 aliphatic carbocycles. The minimum Gasteiger partial charge on any atom is -0.310 e. The number of carbonyl (C=O) groups is 1. The Hall–Kier alpha value is -1.22. The largest absolute Gasteiger partial charge is 0.310 e. The molecule has 0 fully saturated rings. The van der Waals surface area contributed by atoms with Crippen molar-refractivity contribution in [2.24, 2.45) is 0 Å². The molecule has 1 aromatic heterocycles. The molecule has 3 nitrogen and oxygen atoms in total. The zero-order chi connectivity index (χ0) is 8.81. The van der Waals surface area contributed by atoms with Crippen molar-refractivity contribution in [2.75, 3.05) is 13.1 Å². The molecule has 0 atom stereocenters. The van der Waals surface area contributed by atoms with Crippen LogP contribution in [0.15, 0.2) is 24.5 Å². The Morgan fingerprint density at radius 3 is 3.08 bits per heavy atom. The van der Waals surface area contributed by atoms with E-state index in [0.29, 0.717) is 12.1 Å². The molecular weight excluding hydrogens is 152 g/mol. The van der Waals surface area contributed by atoms with E-state index in [2.05, 4.69) is 10.3 Å². The third-order valence-corrected chi connectivity index (χ3v) is 1.52. The molecule has 0 spiro atoms. The average molecular weight is 164 g/mol. The minimum atomic E-state index is 0.0879. The van der Waals surface area contributed by atoms with Gasteiger partial charge in [0.25, 0.3) is 0 Å². The van der Waals surface area contributed by atoms with E-state index in [1.54, 1.807) is 24.5 Å². The fourth-order valence-electron chi connectivity index (χ4n) is 0.868. The maximum atomic E-state index is 11.3. The number of pyridine rings is 1. The molecule has 0 bridgehead atoms. The molecule has 64 valence electrons. The van der Waals surface area contributed by atoms with Gasteiger partial charge in [0.05, 0.1) is 6.54 Å². The van der Waals surface area contributed by atoms with E-state index < -0.39 is 0 Å². The predicted molar refractivity (Wildman–Crippen MR) is 47.1 cm³/mol. The molecule has 1 heterocycles. The van der Waals surface area contributed by atoms with Crippen LogP contribution in [0.25, 0.3) is 0 Å². The van der Waals surface area contributed by atoms with Crippen molar-refractivity contribution in [2.45, 2.75) is 6.92 Å². The summed E-state index contributed by atoms with van der Waals surface area (Å²) in [6.45, 7) is 3.17. The Balaban J connectivity index is 2.54. The van der Waals surface area contributed by atoms with Gasteiger partial charge in [-0.15, -0.1) is 0 Å². The lowest BCUT2D eigenvalue weighted by Gasteiger charge is -1.99. The van der Waals surface area contributed by atoms with E-state index in [4.69, 9.17) is 0 Å². The van der Waals surface area contributed by atoms with Crippen molar-refractivity contribution in [3.8, 4) is 0 Å². The molecule has 0 aliphatic heterocycles. The van der Waals surface area contributed by atoms with Gasteiger partial charge in [0.1, 0.15) is 0 Å². The number of nitrogens with one attached hydrogen (secondary N) is 1. The number of hydrogen-bond donors (Lipinski definition) is 1. The summed E-state index contributed by atoms with van der Waals surface area (Å²) in [6.07, 6.45) is 3.24. The molecular formula is C9H12N2O. The molecule has 1 N–H and O–H groups in total. The zero-order valence-electron chi connectivity index (χ0n) is 7.08. The number of hydrogen-bond acceptors (Lipinski definition) is 3. The number of likely N-dealkylation sites (N-methyl/N-ethyl adjacent to an activating group) is 1. The molecule has 1 rings (SSSR count). The summed E-state index contributed by atoms with van der Waals surface area (Å²) < 4.78 is 0. The summed E-state index contributed by atoms with van der Waals surface area (Å²) in [5.41, 5.74) is 0.665. The SMILES string of the molecule is CCNCC(=O)c1cccnc1. The van der Waals surface area contributed by atoms with E-state index in [-0.39, 0.29) is 5.78 Å². The van der Waals surface area contributed by atoms with Crippen LogP contribution < -0.4 is 5.32 Å². The first-order valence-electron chi connectivity index (χ1n) is 3.98. The first-order chi connectivity index (χ1) is 5.84. The highest BCUT2D eigenvalue weighted by atomic mass is 16.1. The number of Topliss-reactive ketones (excluding diaryl/α,β-unsaturated/α-hetero) is 1. The fraction of sp³-hybridized carbons (Fsp3) is 0.333. The Kier molecular flexibility index (Phi) is 3.41. The number of aromatic nitrogens is 1. The topological polar surface area (TPSA) is 42.0 Å². The van der Waals surface area contributed by atoms with Gasteiger partial charge < -0.3 is 5.32 Å². The van der Waals surface area contributed by atoms with Gasteiger partial charge in [-0.05, 0) is 18.7 Å². The smallest absolute Gasteiger partial charge is 0.178 e. The lowest BCUT2D eigenvalue weighted by atomic mass is 10.2. The molecule has 0 aromatic carbocycles. The average Bonchev–Trinajstić information content (AvgIpc) is 2.15. The van der Waals surface area contributed by atoms with Crippen LogP contribution in [0.4, 0.5) is 0 Å². The van der Waals surface area contributed by atoms with Crippen LogP contribution in [0.1, 0.15) is 17.3 Å². The number of nitrogens with zero attached hydrogens (tertiary/aromatic N) is 1. The zero-order valence-corrected chi connectivity index (χ0v) is 7.08. The highest BCUT2D eigenvalue weighted by molar-refractivity contribution is 5.97. The summed E-state index contributed by atoms with van der Waals surface area (Å²) >= 11 is 0. The second-order valence-electron chi connectivity index (χ2n) is 2.45. The molecule has 0 radical (unpaired) electrons. The molecule has 0 unspecified atom stereocenters. The normalized spacial score (nSPS) is 9.75. The van der Waals surface area contributed by atoms with E-state index in [0.717, 1.165) is 6.54 Å². The highest BCUT2D eigenvalue weighted by Crippen LogP contribution is 1.95. The quantitative estimate of drug-likeness (QED) is 0.671. The minimum absolute atomic E-state index is 0.0879. The number of ketones is 1. The Labute approximate surface area is 71.8 Å². The Morgan fingerprint density at radius 2 is 2.50 bits per heavy atom. The van der Waals surface area contributed by atoms with Crippen molar-refractivity contribution in [1.29, 1.82) is 0 Å². The monoisotopic (exact) mass is 164 g/mol. The summed E-state index contributed by atoms with van der Waals surface area (Å²) in [5.74, 6) is 0.0879. The third-order valence-electron chi connectivity index (χ3n) is 1.52. The maximum Gasteiger partial charge on any atom is 0.178 e. The summed E-state index contributed by atoms with van der Waals surface area (Å²) in [5, 5.41) is 2.97. The van der Waals surface area contributed by atoms with E-state index >= 15 is 0 Å². The summed E-state index contributed by atoms with van der Waals surface area (Å²) in [6, 6.07) is 3.53. The van der Waals surface area contributed by atoms with Crippen LogP contribution >= 0.6 is 0 Å². The van der Waals surface area contributed by atoms with Crippen molar-refractivity contribution in [3.05, 3.63) is 30.1 Å². The van der Waals surface area contributed by atoms with Crippen molar-refractivity contribution in [1.82, 2.24) is 10.3 Å². The van der Waals surface area contributed by atoms with E-state index in [1.165, 1.54) is 0 Å². The van der Waals surface area contributed by atoms with Crippen LogP contribution in [-0.2, 0) is 0 Å². The molecule has 1 aromatic rings. The predicted octanol–water partition coefficient (Wildman–Crippen LogP) is 0.874. The fourth-order valence-corrected chi connectivity index (χ4v) is 0.868.